The van der Waals surface area contributed by atoms with Gasteiger partial charge < -0.3 is 49.8 Å². The number of carbonyl (C=O) groups excluding carboxylic acids is 3. The molecule has 0 fully saturated rings. The topological polar surface area (TPSA) is 226 Å². The van der Waals surface area contributed by atoms with Crippen LogP contribution in [0.15, 0.2) is 76.7 Å². The van der Waals surface area contributed by atoms with Crippen molar-refractivity contribution >= 4 is 46.5 Å². The van der Waals surface area contributed by atoms with Crippen molar-refractivity contribution in [2.45, 2.75) is 85.6 Å². The van der Waals surface area contributed by atoms with Gasteiger partial charge in [-0.05, 0) is 25.5 Å². The minimum absolute atomic E-state index is 0.0282. The van der Waals surface area contributed by atoms with Gasteiger partial charge in [0.05, 0.1) is 59.2 Å². The van der Waals surface area contributed by atoms with Crippen molar-refractivity contribution in [3.05, 3.63) is 88.7 Å². The van der Waals surface area contributed by atoms with E-state index >= 15 is 0 Å². The number of fused-ring (bicyclic) bond motifs is 14. The Morgan fingerprint density at radius 2 is 1.55 bits per heavy atom. The summed E-state index contributed by atoms with van der Waals surface area (Å²) in [7, 11) is 1.43. The molecule has 3 aromatic rings. The number of ether oxygens (including phenoxy) is 4. The summed E-state index contributed by atoms with van der Waals surface area (Å²) in [6, 6.07) is 9.03. The van der Waals surface area contributed by atoms with Crippen molar-refractivity contribution in [1.82, 2.24) is 0 Å². The molecule has 1 amide bonds. The molecule has 0 aromatic heterocycles. The molecule has 0 saturated heterocycles. The van der Waals surface area contributed by atoms with Gasteiger partial charge in [-0.25, -0.2) is 0 Å². The number of esters is 1. The Morgan fingerprint density at radius 3 is 2.20 bits per heavy atom. The van der Waals surface area contributed by atoms with Crippen molar-refractivity contribution in [1.29, 1.82) is 0 Å². The van der Waals surface area contributed by atoms with Crippen molar-refractivity contribution < 1.29 is 58.9 Å². The van der Waals surface area contributed by atoms with E-state index in [-0.39, 0.29) is 44.5 Å². The number of carbonyl (C=O) groups is 3. The number of Topliss-reactive ketones (excluding diaryl/α,β-unsaturated/α-hetero) is 1. The van der Waals surface area contributed by atoms with Crippen LogP contribution in [0, 0.1) is 30.6 Å². The van der Waals surface area contributed by atoms with Crippen LogP contribution in [0.2, 0.25) is 0 Å². The quantitative estimate of drug-likeness (QED) is 0.0555. The molecule has 0 unspecified atom stereocenters. The first-order chi connectivity index (χ1) is 28.3. The molecule has 15 heteroatoms. The van der Waals surface area contributed by atoms with Crippen LogP contribution in [0.3, 0.4) is 0 Å². The molecular formula is C45H53N3O12. The Kier molecular flexibility index (Phi) is 13.9. The van der Waals surface area contributed by atoms with Gasteiger partial charge in [0.2, 0.25) is 0 Å². The summed E-state index contributed by atoms with van der Waals surface area (Å²) >= 11 is 0. The fourth-order valence-corrected chi connectivity index (χ4v) is 7.60. The number of hydrogen-bond acceptors (Lipinski definition) is 14. The zero-order valence-electron chi connectivity index (χ0n) is 35.0. The zero-order chi connectivity index (χ0) is 44.2. The minimum Gasteiger partial charge on any atom is -0.507 e. The highest BCUT2D eigenvalue weighted by molar-refractivity contribution is 6.23. The molecule has 60 heavy (non-hydrogen) atoms. The summed E-state index contributed by atoms with van der Waals surface area (Å²) < 4.78 is 23.5. The first-order valence-electron chi connectivity index (χ1n) is 19.5. The van der Waals surface area contributed by atoms with E-state index in [0.29, 0.717) is 5.56 Å². The number of benzene rings is 3. The molecule has 15 nitrogen and oxygen atoms in total. The SMILES string of the molecule is CO[C@H]1/C=C/O[C@@]2(C)Oc3c(C)c(O)c4c(O)c(c(/C=N/N=C/c5ccccc5)c(O)c4c3C2=O)NC(=O)/C(C)=C\C=C\[C@H](C)[C@H](O)[C@@H](C)[C@@H](O)[C@@H](C)[C@H](OC(C)=O)[C@@H]1C. The summed E-state index contributed by atoms with van der Waals surface area (Å²) in [5.41, 5.74) is 0.0665. The molecule has 3 aliphatic rings. The first kappa shape index (κ1) is 45.1. The number of phenols is 3. The number of anilines is 1. The Bertz CT molecular complexity index is 2280. The number of phenolic OH excluding ortho intramolecular Hbond substituents is 3. The first-order valence-corrected chi connectivity index (χ1v) is 19.5. The van der Waals surface area contributed by atoms with Crippen LogP contribution in [-0.2, 0) is 23.8 Å². The highest BCUT2D eigenvalue weighted by atomic mass is 16.7. The second-order valence-corrected chi connectivity index (χ2v) is 15.5. The van der Waals surface area contributed by atoms with E-state index in [1.165, 1.54) is 59.4 Å². The number of aliphatic hydroxyl groups is 2. The maximum Gasteiger partial charge on any atom is 0.312 e. The maximum absolute atomic E-state index is 14.4. The lowest BCUT2D eigenvalue weighted by Crippen LogP contribution is -2.46. The number of nitrogens with one attached hydrogen (secondary N) is 1. The van der Waals surface area contributed by atoms with Gasteiger partial charge in [0, 0.05) is 61.2 Å². The molecule has 0 spiro atoms. The van der Waals surface area contributed by atoms with Crippen LogP contribution in [0.1, 0.15) is 75.5 Å². The van der Waals surface area contributed by atoms with Crippen LogP contribution < -0.4 is 10.1 Å². The van der Waals surface area contributed by atoms with Gasteiger partial charge >= 0.3 is 11.8 Å². The highest BCUT2D eigenvalue weighted by Gasteiger charge is 2.50. The van der Waals surface area contributed by atoms with Crippen LogP contribution >= 0.6 is 0 Å². The Balaban J connectivity index is 1.71. The van der Waals surface area contributed by atoms with Gasteiger partial charge in [-0.1, -0.05) is 76.3 Å². The van der Waals surface area contributed by atoms with E-state index in [1.54, 1.807) is 52.0 Å². The molecular weight excluding hydrogens is 775 g/mol. The third-order valence-electron chi connectivity index (χ3n) is 11.3. The lowest BCUT2D eigenvalue weighted by atomic mass is 9.78. The predicted octanol–water partition coefficient (Wildman–Crippen LogP) is 6.21. The molecule has 3 aromatic carbocycles. The molecule has 6 rings (SSSR count). The van der Waals surface area contributed by atoms with Crippen LogP contribution in [0.4, 0.5) is 5.69 Å². The third kappa shape index (κ3) is 8.93. The van der Waals surface area contributed by atoms with E-state index in [1.807, 2.05) is 18.2 Å². The van der Waals surface area contributed by atoms with Gasteiger partial charge in [0.1, 0.15) is 23.4 Å². The van der Waals surface area contributed by atoms with E-state index < -0.39 is 88.8 Å². The fraction of sp³-hybridized carbons (Fsp3) is 0.400. The summed E-state index contributed by atoms with van der Waals surface area (Å²) in [4.78, 5) is 40.4. The summed E-state index contributed by atoms with van der Waals surface area (Å²) in [6.07, 6.45) is 5.95. The zero-order valence-corrected chi connectivity index (χ0v) is 35.0. The molecule has 320 valence electrons. The van der Waals surface area contributed by atoms with Gasteiger partial charge in [-0.3, -0.25) is 14.4 Å². The second-order valence-electron chi connectivity index (χ2n) is 15.5. The number of allylic oxidation sites excluding steroid dienone is 2. The lowest BCUT2D eigenvalue weighted by Gasteiger charge is -2.38. The standard InChI is InChI=1S/C45H53N3O12/c1-22-14-13-15-23(2)44(56)48-35-30(21-47-46-20-29-16-11-10-12-17-29)39(53)32-33(40(35)54)38(52)27(6)42-34(32)43(55)45(8,60-42)58-19-18-31(57-9)24(3)41(59-28(7)49)26(5)37(51)25(4)36(22)50/h10-22,24-26,31,36-37,41,50-54H,1-9H3,(H,48,56)/b14-13+,19-18+,23-15-,46-20+,47-21+/t22-,24+,25+,26+,31-,36-,37+,41+,45-/m0/s1. The van der Waals surface area contributed by atoms with Crippen LogP contribution in [-0.4, -0.2) is 92.9 Å². The number of aliphatic hydroxyl groups excluding tert-OH is 2. The Hall–Kier alpha value is -6.03. The molecule has 9 atom stereocenters. The number of rotatable bonds is 5. The molecule has 0 aliphatic carbocycles. The average molecular weight is 828 g/mol. The smallest absolute Gasteiger partial charge is 0.312 e. The third-order valence-corrected chi connectivity index (χ3v) is 11.3. The van der Waals surface area contributed by atoms with Crippen LogP contribution in [0.25, 0.3) is 10.8 Å². The molecule has 5 bridgehead atoms. The average Bonchev–Trinajstić information content (AvgIpc) is 3.48. The molecule has 0 radical (unpaired) electrons. The normalized spacial score (nSPS) is 29.9. The maximum atomic E-state index is 14.4. The number of methoxy groups -OCH3 is 1. The van der Waals surface area contributed by atoms with Gasteiger partial charge in [-0.15, -0.1) is 0 Å². The second kappa shape index (κ2) is 18.5. The number of ketones is 1. The van der Waals surface area contributed by atoms with E-state index in [0.717, 1.165) is 6.21 Å². The summed E-state index contributed by atoms with van der Waals surface area (Å²) in [5, 5.41) is 68.3. The number of amides is 1. The highest BCUT2D eigenvalue weighted by Crippen LogP contribution is 2.55. The largest absolute Gasteiger partial charge is 0.507 e. The van der Waals surface area contributed by atoms with Crippen molar-refractivity contribution in [2.75, 3.05) is 12.4 Å². The summed E-state index contributed by atoms with van der Waals surface area (Å²) in [6.45, 7) is 12.4. The molecule has 3 heterocycles. The fourth-order valence-electron chi connectivity index (χ4n) is 7.60. The van der Waals surface area contributed by atoms with Crippen LogP contribution in [0.5, 0.6) is 23.0 Å². The van der Waals surface area contributed by atoms with Crippen molar-refractivity contribution in [3.8, 4) is 23.0 Å². The minimum atomic E-state index is -2.07. The molecule has 6 N–H and O–H groups in total. The summed E-state index contributed by atoms with van der Waals surface area (Å²) in [5.74, 6) is -8.71. The van der Waals surface area contributed by atoms with E-state index in [4.69, 9.17) is 18.9 Å². The molecule has 3 aliphatic heterocycles. The van der Waals surface area contributed by atoms with Gasteiger partial charge in [0.25, 0.3) is 11.7 Å². The molecule has 0 saturated carbocycles. The van der Waals surface area contributed by atoms with E-state index in [2.05, 4.69) is 15.5 Å². The van der Waals surface area contributed by atoms with Gasteiger partial charge in [0.15, 0.2) is 5.75 Å². The van der Waals surface area contributed by atoms with E-state index in [9.17, 15) is 39.9 Å². The van der Waals surface area contributed by atoms with Crippen molar-refractivity contribution in [3.63, 3.8) is 0 Å². The predicted molar refractivity (Wildman–Crippen MR) is 225 cm³/mol. The van der Waals surface area contributed by atoms with Crippen molar-refractivity contribution in [2.24, 2.45) is 33.9 Å². The number of hydrogen-bond donors (Lipinski definition) is 6. The Labute approximate surface area is 348 Å². The Morgan fingerprint density at radius 1 is 0.883 bits per heavy atom. The monoisotopic (exact) mass is 827 g/mol. The number of aromatic hydroxyl groups is 3. The number of nitrogens with zero attached hydrogens (tertiary/aromatic N) is 2. The lowest BCUT2D eigenvalue weighted by molar-refractivity contribution is -0.160. The van der Waals surface area contributed by atoms with Gasteiger partial charge in [-0.2, -0.15) is 10.2 Å².